The number of carbonyl (C=O) groups excluding carboxylic acids is 1. The molecule has 1 aliphatic heterocycles. The average Bonchev–Trinajstić information content (AvgIpc) is 2.68. The minimum Gasteiger partial charge on any atom is -0.339 e. The van der Waals surface area contributed by atoms with E-state index in [1.807, 2.05) is 6.92 Å². The van der Waals surface area contributed by atoms with Crippen LogP contribution >= 0.6 is 11.6 Å². The number of piperidine rings is 1. The molecule has 1 saturated heterocycles. The molecule has 144 valence electrons. The first-order valence-electron chi connectivity index (χ1n) is 8.95. The van der Waals surface area contributed by atoms with Gasteiger partial charge in [-0.15, -0.1) is 0 Å². The summed E-state index contributed by atoms with van der Waals surface area (Å²) in [6, 6.07) is 11.4. The standard InChI is InChI=1S/C20H23ClN2O3S/c1-15-6-9-17(10-7-15)27(25,26)22(2)16-8-11-19(21)18(14-16)20(24)23-12-4-3-5-13-23/h6-11,14H,3-5,12-13H2,1-2H3. The number of anilines is 1. The van der Waals surface area contributed by atoms with E-state index in [4.69, 9.17) is 11.6 Å². The Labute approximate surface area is 165 Å². The molecule has 3 rings (SSSR count). The summed E-state index contributed by atoms with van der Waals surface area (Å²) in [6.07, 6.45) is 3.07. The Hall–Kier alpha value is -2.05. The monoisotopic (exact) mass is 406 g/mol. The number of nitrogens with zero attached hydrogens (tertiary/aromatic N) is 2. The second-order valence-electron chi connectivity index (χ2n) is 6.80. The molecule has 5 nitrogen and oxygen atoms in total. The lowest BCUT2D eigenvalue weighted by atomic mass is 10.1. The lowest BCUT2D eigenvalue weighted by molar-refractivity contribution is 0.0724. The molecule has 1 aliphatic rings. The number of halogens is 1. The Kier molecular flexibility index (Phi) is 5.77. The molecular weight excluding hydrogens is 384 g/mol. The van der Waals surface area contributed by atoms with Crippen molar-refractivity contribution < 1.29 is 13.2 Å². The van der Waals surface area contributed by atoms with E-state index in [-0.39, 0.29) is 10.8 Å². The number of hydrogen-bond donors (Lipinski definition) is 0. The minimum absolute atomic E-state index is 0.150. The van der Waals surface area contributed by atoms with Gasteiger partial charge in [0.05, 0.1) is 21.2 Å². The number of likely N-dealkylation sites (tertiary alicyclic amines) is 1. The van der Waals surface area contributed by atoms with Crippen LogP contribution in [0.3, 0.4) is 0 Å². The summed E-state index contributed by atoms with van der Waals surface area (Å²) in [6.45, 7) is 3.31. The second-order valence-corrected chi connectivity index (χ2v) is 9.18. The third-order valence-electron chi connectivity index (χ3n) is 4.87. The Morgan fingerprint density at radius 1 is 1.04 bits per heavy atom. The number of amides is 1. The third-order valence-corrected chi connectivity index (χ3v) is 7.00. The summed E-state index contributed by atoms with van der Waals surface area (Å²) in [5.74, 6) is -0.150. The Bertz CT molecular complexity index is 936. The van der Waals surface area contributed by atoms with Crippen LogP contribution in [0.1, 0.15) is 35.2 Å². The van der Waals surface area contributed by atoms with Gasteiger partial charge in [-0.2, -0.15) is 0 Å². The predicted molar refractivity (Wildman–Crippen MR) is 108 cm³/mol. The fraction of sp³-hybridized carbons (Fsp3) is 0.350. The van der Waals surface area contributed by atoms with Crippen LogP contribution in [0.4, 0.5) is 5.69 Å². The van der Waals surface area contributed by atoms with Crippen molar-refractivity contribution in [2.75, 3.05) is 24.4 Å². The van der Waals surface area contributed by atoms with Gasteiger partial charge < -0.3 is 4.90 Å². The van der Waals surface area contributed by atoms with E-state index in [2.05, 4.69) is 0 Å². The molecule has 0 radical (unpaired) electrons. The van der Waals surface area contributed by atoms with Crippen molar-refractivity contribution in [2.24, 2.45) is 0 Å². The zero-order valence-corrected chi connectivity index (χ0v) is 17.1. The molecule has 7 heteroatoms. The van der Waals surface area contributed by atoms with Gasteiger partial charge in [-0.05, 0) is 56.5 Å². The highest BCUT2D eigenvalue weighted by Crippen LogP contribution is 2.28. The highest BCUT2D eigenvalue weighted by atomic mass is 35.5. The fourth-order valence-electron chi connectivity index (χ4n) is 3.15. The van der Waals surface area contributed by atoms with E-state index < -0.39 is 10.0 Å². The van der Waals surface area contributed by atoms with E-state index in [1.165, 1.54) is 11.4 Å². The molecule has 2 aromatic carbocycles. The molecule has 1 fully saturated rings. The Balaban J connectivity index is 1.92. The molecule has 27 heavy (non-hydrogen) atoms. The summed E-state index contributed by atoms with van der Waals surface area (Å²) in [7, 11) is -2.24. The highest BCUT2D eigenvalue weighted by Gasteiger charge is 2.25. The maximum atomic E-state index is 12.9. The highest BCUT2D eigenvalue weighted by molar-refractivity contribution is 7.92. The van der Waals surface area contributed by atoms with Crippen LogP contribution in [-0.2, 0) is 10.0 Å². The Morgan fingerprint density at radius 2 is 1.67 bits per heavy atom. The molecule has 1 amide bonds. The first kappa shape index (κ1) is 19.7. The average molecular weight is 407 g/mol. The first-order chi connectivity index (χ1) is 12.8. The van der Waals surface area contributed by atoms with Gasteiger partial charge in [-0.25, -0.2) is 8.42 Å². The van der Waals surface area contributed by atoms with Crippen LogP contribution in [0.5, 0.6) is 0 Å². The molecule has 0 N–H and O–H groups in total. The van der Waals surface area contributed by atoms with Crippen LogP contribution in [0.15, 0.2) is 47.4 Å². The molecule has 0 aromatic heterocycles. The number of hydrogen-bond acceptors (Lipinski definition) is 3. The zero-order chi connectivity index (χ0) is 19.6. The molecule has 0 saturated carbocycles. The third kappa shape index (κ3) is 4.12. The molecule has 0 aliphatic carbocycles. The minimum atomic E-state index is -3.72. The van der Waals surface area contributed by atoms with Gasteiger partial charge in [-0.1, -0.05) is 29.3 Å². The van der Waals surface area contributed by atoms with Crippen molar-refractivity contribution in [3.8, 4) is 0 Å². The van der Waals surface area contributed by atoms with Gasteiger partial charge in [-0.3, -0.25) is 9.10 Å². The SMILES string of the molecule is Cc1ccc(S(=O)(=O)N(C)c2ccc(Cl)c(C(=O)N3CCCCC3)c2)cc1. The van der Waals surface area contributed by atoms with Gasteiger partial charge >= 0.3 is 0 Å². The van der Waals surface area contributed by atoms with Crippen LogP contribution < -0.4 is 4.31 Å². The van der Waals surface area contributed by atoms with E-state index in [9.17, 15) is 13.2 Å². The molecule has 0 unspecified atom stereocenters. The first-order valence-corrected chi connectivity index (χ1v) is 10.8. The van der Waals surface area contributed by atoms with Crippen LogP contribution in [0, 0.1) is 6.92 Å². The van der Waals surface area contributed by atoms with Gasteiger partial charge in [0.1, 0.15) is 0 Å². The summed E-state index contributed by atoms with van der Waals surface area (Å²) in [5, 5.41) is 0.329. The summed E-state index contributed by atoms with van der Waals surface area (Å²) in [4.78, 5) is 14.8. The molecule has 0 spiro atoms. The number of sulfonamides is 1. The van der Waals surface area contributed by atoms with Gasteiger partial charge in [0.25, 0.3) is 15.9 Å². The van der Waals surface area contributed by atoms with E-state index in [1.54, 1.807) is 47.4 Å². The predicted octanol–water partition coefficient (Wildman–Crippen LogP) is 4.10. The fourth-order valence-corrected chi connectivity index (χ4v) is 4.53. The number of carbonyl (C=O) groups is 1. The smallest absolute Gasteiger partial charge is 0.264 e. The molecule has 0 bridgehead atoms. The van der Waals surface area contributed by atoms with Crippen LogP contribution in [0.25, 0.3) is 0 Å². The normalized spacial score (nSPS) is 14.9. The zero-order valence-electron chi connectivity index (χ0n) is 15.5. The number of benzene rings is 2. The number of rotatable bonds is 4. The van der Waals surface area contributed by atoms with Crippen molar-refractivity contribution in [1.29, 1.82) is 0 Å². The second kappa shape index (κ2) is 7.90. The summed E-state index contributed by atoms with van der Waals surface area (Å²) in [5.41, 5.74) is 1.72. The number of aryl methyl sites for hydroxylation is 1. The molecule has 0 atom stereocenters. The van der Waals surface area contributed by atoms with Crippen molar-refractivity contribution in [2.45, 2.75) is 31.1 Å². The van der Waals surface area contributed by atoms with Crippen LogP contribution in [0.2, 0.25) is 5.02 Å². The van der Waals surface area contributed by atoms with Crippen LogP contribution in [-0.4, -0.2) is 39.4 Å². The van der Waals surface area contributed by atoms with E-state index in [0.717, 1.165) is 24.8 Å². The van der Waals surface area contributed by atoms with Crippen molar-refractivity contribution >= 4 is 33.2 Å². The van der Waals surface area contributed by atoms with Crippen molar-refractivity contribution in [3.63, 3.8) is 0 Å². The molecule has 2 aromatic rings. The summed E-state index contributed by atoms with van der Waals surface area (Å²) < 4.78 is 27.0. The van der Waals surface area contributed by atoms with Gasteiger partial charge in [0.15, 0.2) is 0 Å². The molecular formula is C20H23ClN2O3S. The van der Waals surface area contributed by atoms with E-state index in [0.29, 0.717) is 29.4 Å². The maximum absolute atomic E-state index is 12.9. The van der Waals surface area contributed by atoms with Gasteiger partial charge in [0.2, 0.25) is 0 Å². The van der Waals surface area contributed by atoms with E-state index >= 15 is 0 Å². The van der Waals surface area contributed by atoms with Gasteiger partial charge in [0, 0.05) is 20.1 Å². The lowest BCUT2D eigenvalue weighted by Gasteiger charge is -2.27. The maximum Gasteiger partial charge on any atom is 0.264 e. The molecule has 1 heterocycles. The van der Waals surface area contributed by atoms with Crippen molar-refractivity contribution in [3.05, 3.63) is 58.6 Å². The summed E-state index contributed by atoms with van der Waals surface area (Å²) >= 11 is 6.25. The largest absolute Gasteiger partial charge is 0.339 e. The quantitative estimate of drug-likeness (QED) is 0.768. The van der Waals surface area contributed by atoms with Crippen molar-refractivity contribution in [1.82, 2.24) is 4.90 Å². The Morgan fingerprint density at radius 3 is 2.30 bits per heavy atom. The topological polar surface area (TPSA) is 57.7 Å². The lowest BCUT2D eigenvalue weighted by Crippen LogP contribution is -2.36.